The van der Waals surface area contributed by atoms with Gasteiger partial charge in [0.15, 0.2) is 0 Å². The monoisotopic (exact) mass is 276 g/mol. The number of hydrogen-bond acceptors (Lipinski definition) is 3. The maximum Gasteiger partial charge on any atom is 0.130 e. The molecule has 100 valence electrons. The summed E-state index contributed by atoms with van der Waals surface area (Å²) in [6.07, 6.45) is 4.36. The number of pyridine rings is 1. The molecule has 19 heavy (non-hydrogen) atoms. The van der Waals surface area contributed by atoms with E-state index in [1.807, 2.05) is 31.3 Å². The number of rotatable bonds is 4. The van der Waals surface area contributed by atoms with Crippen molar-refractivity contribution in [3.8, 4) is 5.75 Å². The first-order valence-corrected chi connectivity index (χ1v) is 6.99. The van der Waals surface area contributed by atoms with E-state index in [1.54, 1.807) is 6.20 Å². The van der Waals surface area contributed by atoms with Crippen LogP contribution in [0.3, 0.4) is 0 Å². The van der Waals surface area contributed by atoms with Gasteiger partial charge in [-0.05, 0) is 56.6 Å². The Morgan fingerprint density at radius 3 is 3.00 bits per heavy atom. The van der Waals surface area contributed by atoms with Crippen LogP contribution in [-0.2, 0) is 0 Å². The zero-order valence-electron chi connectivity index (χ0n) is 10.9. The number of ether oxygens (including phenoxy) is 1. The predicted octanol–water partition coefficient (Wildman–Crippen LogP) is 3.27. The number of benzene rings is 1. The van der Waals surface area contributed by atoms with Gasteiger partial charge in [-0.15, -0.1) is 0 Å². The molecule has 0 radical (unpaired) electrons. The van der Waals surface area contributed by atoms with Gasteiger partial charge in [0.25, 0.3) is 0 Å². The quantitative estimate of drug-likeness (QED) is 0.931. The maximum absolute atomic E-state index is 6.07. The Hall–Kier alpha value is -1.32. The highest BCUT2D eigenvalue weighted by molar-refractivity contribution is 6.31. The summed E-state index contributed by atoms with van der Waals surface area (Å²) in [4.78, 5) is 4.32. The SMILES string of the molecule is CNCC1CC(Oc2ccnc3cc(Cl)ccc23)C1. The molecular weight excluding hydrogens is 260 g/mol. The number of aromatic nitrogens is 1. The fraction of sp³-hybridized carbons (Fsp3) is 0.400. The summed E-state index contributed by atoms with van der Waals surface area (Å²) < 4.78 is 6.07. The second kappa shape index (κ2) is 5.35. The fourth-order valence-electron chi connectivity index (χ4n) is 2.60. The molecule has 1 fully saturated rings. The van der Waals surface area contributed by atoms with E-state index in [9.17, 15) is 0 Å². The van der Waals surface area contributed by atoms with Crippen molar-refractivity contribution in [2.75, 3.05) is 13.6 Å². The van der Waals surface area contributed by atoms with E-state index in [2.05, 4.69) is 10.3 Å². The van der Waals surface area contributed by atoms with E-state index >= 15 is 0 Å². The van der Waals surface area contributed by atoms with Gasteiger partial charge in [-0.3, -0.25) is 4.98 Å². The summed E-state index contributed by atoms with van der Waals surface area (Å²) >= 11 is 5.98. The van der Waals surface area contributed by atoms with Crippen LogP contribution in [0.15, 0.2) is 30.5 Å². The van der Waals surface area contributed by atoms with Crippen molar-refractivity contribution in [1.82, 2.24) is 10.3 Å². The molecule has 1 aliphatic carbocycles. The molecule has 1 N–H and O–H groups in total. The number of nitrogens with one attached hydrogen (secondary N) is 1. The summed E-state index contributed by atoms with van der Waals surface area (Å²) in [5.74, 6) is 1.66. The van der Waals surface area contributed by atoms with Crippen molar-refractivity contribution in [2.24, 2.45) is 5.92 Å². The second-order valence-corrected chi connectivity index (χ2v) is 5.54. The molecule has 4 heteroatoms. The van der Waals surface area contributed by atoms with Crippen LogP contribution in [0.1, 0.15) is 12.8 Å². The van der Waals surface area contributed by atoms with E-state index < -0.39 is 0 Å². The molecule has 2 aromatic rings. The minimum atomic E-state index is 0.333. The van der Waals surface area contributed by atoms with Crippen LogP contribution in [0, 0.1) is 5.92 Å². The van der Waals surface area contributed by atoms with Crippen molar-refractivity contribution < 1.29 is 4.74 Å². The molecule has 1 heterocycles. The Morgan fingerprint density at radius 1 is 1.37 bits per heavy atom. The highest BCUT2D eigenvalue weighted by atomic mass is 35.5. The molecule has 0 spiro atoms. The highest BCUT2D eigenvalue weighted by Crippen LogP contribution is 2.34. The van der Waals surface area contributed by atoms with Crippen molar-refractivity contribution in [1.29, 1.82) is 0 Å². The van der Waals surface area contributed by atoms with Crippen LogP contribution in [0.5, 0.6) is 5.75 Å². The molecule has 0 amide bonds. The third kappa shape index (κ3) is 2.67. The molecule has 1 aromatic carbocycles. The van der Waals surface area contributed by atoms with Crippen LogP contribution in [0.25, 0.3) is 10.9 Å². The molecule has 0 aliphatic heterocycles. The Balaban J connectivity index is 1.75. The third-order valence-corrected chi connectivity index (χ3v) is 3.88. The molecule has 0 atom stereocenters. The summed E-state index contributed by atoms with van der Waals surface area (Å²) in [7, 11) is 1.99. The molecule has 0 saturated heterocycles. The first-order valence-electron chi connectivity index (χ1n) is 6.62. The Morgan fingerprint density at radius 2 is 2.21 bits per heavy atom. The lowest BCUT2D eigenvalue weighted by atomic mass is 9.82. The van der Waals surface area contributed by atoms with Crippen LogP contribution < -0.4 is 10.1 Å². The molecular formula is C15H17ClN2O. The van der Waals surface area contributed by atoms with E-state index in [0.29, 0.717) is 11.1 Å². The lowest BCUT2D eigenvalue weighted by Crippen LogP contribution is -2.38. The average molecular weight is 277 g/mol. The standard InChI is InChI=1S/C15H17ClN2O/c1-17-9-10-6-12(7-10)19-15-4-5-18-14-8-11(16)2-3-13(14)15/h2-5,8,10,12,17H,6-7,9H2,1H3. The summed E-state index contributed by atoms with van der Waals surface area (Å²) in [6, 6.07) is 7.66. The lowest BCUT2D eigenvalue weighted by Gasteiger charge is -2.35. The molecule has 0 bridgehead atoms. The largest absolute Gasteiger partial charge is 0.490 e. The van der Waals surface area contributed by atoms with E-state index in [0.717, 1.165) is 42.0 Å². The molecule has 1 aromatic heterocycles. The Kier molecular flexibility index (Phi) is 3.58. The minimum absolute atomic E-state index is 0.333. The van der Waals surface area contributed by atoms with Crippen molar-refractivity contribution in [2.45, 2.75) is 18.9 Å². The minimum Gasteiger partial charge on any atom is -0.490 e. The molecule has 3 rings (SSSR count). The topological polar surface area (TPSA) is 34.1 Å². The average Bonchev–Trinajstić information content (AvgIpc) is 2.36. The molecule has 0 unspecified atom stereocenters. The Bertz CT molecular complexity index is 581. The van der Waals surface area contributed by atoms with Crippen molar-refractivity contribution in [3.63, 3.8) is 0 Å². The zero-order chi connectivity index (χ0) is 13.2. The summed E-state index contributed by atoms with van der Waals surface area (Å²) in [6.45, 7) is 1.08. The fourth-order valence-corrected chi connectivity index (χ4v) is 2.77. The van der Waals surface area contributed by atoms with Crippen molar-refractivity contribution >= 4 is 22.5 Å². The van der Waals surface area contributed by atoms with E-state index in [1.165, 1.54) is 0 Å². The zero-order valence-corrected chi connectivity index (χ0v) is 11.7. The lowest BCUT2D eigenvalue weighted by molar-refractivity contribution is 0.0670. The van der Waals surface area contributed by atoms with Gasteiger partial charge in [0, 0.05) is 16.6 Å². The van der Waals surface area contributed by atoms with Crippen LogP contribution >= 0.6 is 11.6 Å². The normalized spacial score (nSPS) is 22.2. The first kappa shape index (κ1) is 12.7. The van der Waals surface area contributed by atoms with E-state index in [-0.39, 0.29) is 0 Å². The van der Waals surface area contributed by atoms with Gasteiger partial charge >= 0.3 is 0 Å². The van der Waals surface area contributed by atoms with Crippen LogP contribution in [-0.4, -0.2) is 24.7 Å². The summed E-state index contributed by atoms with van der Waals surface area (Å²) in [5.41, 5.74) is 0.885. The molecule has 1 aliphatic rings. The van der Waals surface area contributed by atoms with Gasteiger partial charge in [0.1, 0.15) is 5.75 Å². The first-order chi connectivity index (χ1) is 9.26. The predicted molar refractivity (Wildman–Crippen MR) is 77.8 cm³/mol. The number of halogens is 1. The van der Waals surface area contributed by atoms with Gasteiger partial charge in [-0.1, -0.05) is 11.6 Å². The van der Waals surface area contributed by atoms with Crippen LogP contribution in [0.2, 0.25) is 5.02 Å². The highest BCUT2D eigenvalue weighted by Gasteiger charge is 2.30. The maximum atomic E-state index is 6.07. The van der Waals surface area contributed by atoms with Gasteiger partial charge < -0.3 is 10.1 Å². The summed E-state index contributed by atoms with van der Waals surface area (Å²) in [5, 5.41) is 4.94. The van der Waals surface area contributed by atoms with Crippen molar-refractivity contribution in [3.05, 3.63) is 35.5 Å². The number of nitrogens with zero attached hydrogens (tertiary/aromatic N) is 1. The Labute approximate surface area is 117 Å². The van der Waals surface area contributed by atoms with Gasteiger partial charge in [0.2, 0.25) is 0 Å². The van der Waals surface area contributed by atoms with Gasteiger partial charge in [0.05, 0.1) is 11.6 Å². The van der Waals surface area contributed by atoms with Gasteiger partial charge in [-0.2, -0.15) is 0 Å². The van der Waals surface area contributed by atoms with Crippen LogP contribution in [0.4, 0.5) is 0 Å². The number of hydrogen-bond donors (Lipinski definition) is 1. The smallest absolute Gasteiger partial charge is 0.130 e. The van der Waals surface area contributed by atoms with Gasteiger partial charge in [-0.25, -0.2) is 0 Å². The molecule has 3 nitrogen and oxygen atoms in total. The second-order valence-electron chi connectivity index (χ2n) is 5.11. The van der Waals surface area contributed by atoms with E-state index in [4.69, 9.17) is 16.3 Å². The molecule has 1 saturated carbocycles. The third-order valence-electron chi connectivity index (χ3n) is 3.64. The number of fused-ring (bicyclic) bond motifs is 1.